The summed E-state index contributed by atoms with van der Waals surface area (Å²) in [5.74, 6) is 1.24. The molecule has 0 radical (unpaired) electrons. The van der Waals surface area contributed by atoms with Gasteiger partial charge in [-0.15, -0.1) is 0 Å². The minimum absolute atomic E-state index is 0.419. The highest BCUT2D eigenvalue weighted by Crippen LogP contribution is 2.21. The van der Waals surface area contributed by atoms with Crippen molar-refractivity contribution in [3.05, 3.63) is 34.3 Å². The second-order valence-corrected chi connectivity index (χ2v) is 7.20. The Morgan fingerprint density at radius 1 is 1.35 bits per heavy atom. The number of benzene rings is 1. The minimum Gasteiger partial charge on any atom is -0.313 e. The SMILES string of the molecule is CNC(CCN(C)C(C)CCSC)c1cccc(Br)c1. The lowest BCUT2D eigenvalue weighted by Gasteiger charge is -2.27. The van der Waals surface area contributed by atoms with E-state index in [-0.39, 0.29) is 0 Å². The first kappa shape index (κ1) is 18.0. The fourth-order valence-electron chi connectivity index (χ4n) is 2.26. The smallest absolute Gasteiger partial charge is 0.0330 e. The first-order valence-electron chi connectivity index (χ1n) is 7.20. The number of thioether (sulfide) groups is 1. The van der Waals surface area contributed by atoms with E-state index in [9.17, 15) is 0 Å². The second kappa shape index (κ2) is 9.82. The first-order valence-corrected chi connectivity index (χ1v) is 9.39. The van der Waals surface area contributed by atoms with E-state index in [1.807, 2.05) is 18.8 Å². The van der Waals surface area contributed by atoms with Crippen molar-refractivity contribution in [3.63, 3.8) is 0 Å². The van der Waals surface area contributed by atoms with Crippen molar-refractivity contribution in [1.82, 2.24) is 10.2 Å². The molecule has 2 nitrogen and oxygen atoms in total. The molecule has 2 atom stereocenters. The Balaban J connectivity index is 2.49. The standard InChI is InChI=1S/C16H27BrN2S/c1-13(9-11-20-4)19(3)10-8-16(18-2)14-6-5-7-15(17)12-14/h5-7,12-13,16,18H,8-11H2,1-4H3. The van der Waals surface area contributed by atoms with Crippen LogP contribution in [0.5, 0.6) is 0 Å². The molecule has 20 heavy (non-hydrogen) atoms. The van der Waals surface area contributed by atoms with Gasteiger partial charge in [-0.05, 0) is 70.1 Å². The lowest BCUT2D eigenvalue weighted by Crippen LogP contribution is -2.32. The number of nitrogens with one attached hydrogen (secondary N) is 1. The van der Waals surface area contributed by atoms with Gasteiger partial charge in [0, 0.05) is 16.6 Å². The number of halogens is 1. The van der Waals surface area contributed by atoms with Crippen molar-refractivity contribution >= 4 is 27.7 Å². The average Bonchev–Trinajstić information content (AvgIpc) is 2.45. The summed E-state index contributed by atoms with van der Waals surface area (Å²) in [5.41, 5.74) is 1.35. The second-order valence-electron chi connectivity index (χ2n) is 5.30. The van der Waals surface area contributed by atoms with Gasteiger partial charge in [0.1, 0.15) is 0 Å². The van der Waals surface area contributed by atoms with Crippen LogP contribution >= 0.6 is 27.7 Å². The number of hydrogen-bond donors (Lipinski definition) is 1. The van der Waals surface area contributed by atoms with E-state index in [0.29, 0.717) is 12.1 Å². The average molecular weight is 359 g/mol. The zero-order valence-electron chi connectivity index (χ0n) is 13.0. The third-order valence-corrected chi connectivity index (χ3v) is 5.00. The van der Waals surface area contributed by atoms with Crippen LogP contribution in [-0.4, -0.2) is 43.6 Å². The van der Waals surface area contributed by atoms with Gasteiger partial charge in [-0.3, -0.25) is 0 Å². The summed E-state index contributed by atoms with van der Waals surface area (Å²) < 4.78 is 1.15. The quantitative estimate of drug-likeness (QED) is 0.712. The minimum atomic E-state index is 0.419. The summed E-state index contributed by atoms with van der Waals surface area (Å²) in [4.78, 5) is 2.47. The number of hydrogen-bond acceptors (Lipinski definition) is 3. The molecule has 1 aromatic carbocycles. The third kappa shape index (κ3) is 6.17. The Morgan fingerprint density at radius 2 is 2.10 bits per heavy atom. The highest BCUT2D eigenvalue weighted by atomic mass is 79.9. The molecule has 0 saturated carbocycles. The van der Waals surface area contributed by atoms with E-state index >= 15 is 0 Å². The zero-order valence-corrected chi connectivity index (χ0v) is 15.4. The monoisotopic (exact) mass is 358 g/mol. The summed E-state index contributed by atoms with van der Waals surface area (Å²) in [7, 11) is 4.28. The molecule has 0 spiro atoms. The van der Waals surface area contributed by atoms with Crippen LogP contribution in [0, 0.1) is 0 Å². The van der Waals surface area contributed by atoms with Crippen molar-refractivity contribution in [2.45, 2.75) is 31.8 Å². The lowest BCUT2D eigenvalue weighted by molar-refractivity contribution is 0.240. The first-order chi connectivity index (χ1) is 9.58. The normalized spacial score (nSPS) is 14.5. The number of rotatable bonds is 9. The molecule has 114 valence electrons. The summed E-state index contributed by atoms with van der Waals surface area (Å²) in [5, 5.41) is 3.43. The maximum absolute atomic E-state index is 3.55. The largest absolute Gasteiger partial charge is 0.313 e. The molecule has 4 heteroatoms. The third-order valence-electron chi connectivity index (χ3n) is 3.86. The van der Waals surface area contributed by atoms with E-state index in [4.69, 9.17) is 0 Å². The van der Waals surface area contributed by atoms with Crippen LogP contribution in [0.3, 0.4) is 0 Å². The summed E-state index contributed by atoms with van der Waals surface area (Å²) in [6.45, 7) is 3.44. The van der Waals surface area contributed by atoms with Gasteiger partial charge in [-0.1, -0.05) is 28.1 Å². The van der Waals surface area contributed by atoms with Gasteiger partial charge in [-0.2, -0.15) is 11.8 Å². The van der Waals surface area contributed by atoms with E-state index in [1.165, 1.54) is 17.7 Å². The van der Waals surface area contributed by atoms with Crippen molar-refractivity contribution in [1.29, 1.82) is 0 Å². The van der Waals surface area contributed by atoms with Crippen molar-refractivity contribution in [2.24, 2.45) is 0 Å². The van der Waals surface area contributed by atoms with E-state index in [2.05, 4.69) is 70.6 Å². The Morgan fingerprint density at radius 3 is 2.70 bits per heavy atom. The predicted octanol–water partition coefficient (Wildman–Crippen LogP) is 4.17. The highest BCUT2D eigenvalue weighted by molar-refractivity contribution is 9.10. The van der Waals surface area contributed by atoms with Crippen molar-refractivity contribution < 1.29 is 0 Å². The van der Waals surface area contributed by atoms with E-state index < -0.39 is 0 Å². The molecule has 0 aliphatic carbocycles. The maximum Gasteiger partial charge on any atom is 0.0330 e. The van der Waals surface area contributed by atoms with Crippen molar-refractivity contribution in [2.75, 3.05) is 32.6 Å². The zero-order chi connectivity index (χ0) is 15.0. The molecule has 0 aliphatic rings. The van der Waals surface area contributed by atoms with Crippen LogP contribution in [0.4, 0.5) is 0 Å². The molecule has 1 aromatic rings. The summed E-state index contributed by atoms with van der Waals surface area (Å²) in [6, 6.07) is 9.66. The Kier molecular flexibility index (Phi) is 8.85. The molecule has 0 saturated heterocycles. The van der Waals surface area contributed by atoms with Gasteiger partial charge in [-0.25, -0.2) is 0 Å². The summed E-state index contributed by atoms with van der Waals surface area (Å²) >= 11 is 5.48. The fraction of sp³-hybridized carbons (Fsp3) is 0.625. The Bertz CT molecular complexity index is 386. The molecular weight excluding hydrogens is 332 g/mol. The van der Waals surface area contributed by atoms with Gasteiger partial charge in [0.05, 0.1) is 0 Å². The van der Waals surface area contributed by atoms with Crippen LogP contribution < -0.4 is 5.32 Å². The maximum atomic E-state index is 3.55. The molecule has 1 N–H and O–H groups in total. The van der Waals surface area contributed by atoms with E-state index in [0.717, 1.165) is 17.4 Å². The lowest BCUT2D eigenvalue weighted by atomic mass is 10.0. The molecule has 0 aliphatic heterocycles. The Hall–Kier alpha value is -0.0300. The number of nitrogens with zero attached hydrogens (tertiary/aromatic N) is 1. The molecule has 0 heterocycles. The van der Waals surface area contributed by atoms with Crippen LogP contribution in [0.2, 0.25) is 0 Å². The van der Waals surface area contributed by atoms with Gasteiger partial charge in [0.15, 0.2) is 0 Å². The van der Waals surface area contributed by atoms with Gasteiger partial charge in [0.25, 0.3) is 0 Å². The fourth-order valence-corrected chi connectivity index (χ4v) is 3.26. The summed E-state index contributed by atoms with van der Waals surface area (Å²) in [6.07, 6.45) is 4.57. The molecular formula is C16H27BrN2S. The molecule has 0 aromatic heterocycles. The van der Waals surface area contributed by atoms with E-state index in [1.54, 1.807) is 0 Å². The van der Waals surface area contributed by atoms with Gasteiger partial charge in [0.2, 0.25) is 0 Å². The molecule has 0 bridgehead atoms. The Labute approximate surface area is 136 Å². The van der Waals surface area contributed by atoms with Crippen molar-refractivity contribution in [3.8, 4) is 0 Å². The molecule has 0 amide bonds. The predicted molar refractivity (Wildman–Crippen MR) is 95.7 cm³/mol. The molecule has 1 rings (SSSR count). The van der Waals surface area contributed by atoms with Crippen LogP contribution in [-0.2, 0) is 0 Å². The topological polar surface area (TPSA) is 15.3 Å². The van der Waals surface area contributed by atoms with Gasteiger partial charge >= 0.3 is 0 Å². The van der Waals surface area contributed by atoms with Crippen LogP contribution in [0.15, 0.2) is 28.7 Å². The molecule has 2 unspecified atom stereocenters. The molecule has 0 fully saturated rings. The van der Waals surface area contributed by atoms with Gasteiger partial charge < -0.3 is 10.2 Å². The highest BCUT2D eigenvalue weighted by Gasteiger charge is 2.13. The van der Waals surface area contributed by atoms with Crippen LogP contribution in [0.25, 0.3) is 0 Å². The van der Waals surface area contributed by atoms with Crippen LogP contribution in [0.1, 0.15) is 31.4 Å².